The summed E-state index contributed by atoms with van der Waals surface area (Å²) in [6.45, 7) is 6.33. The number of hydrogen-bond donors (Lipinski definition) is 2. The number of ether oxygens (including phenoxy) is 1. The Morgan fingerprint density at radius 3 is 2.48 bits per heavy atom. The van der Waals surface area contributed by atoms with Crippen LogP contribution in [0.1, 0.15) is 44.0 Å². The molecule has 1 heterocycles. The molecule has 2 unspecified atom stereocenters. The Morgan fingerprint density at radius 2 is 1.96 bits per heavy atom. The van der Waals surface area contributed by atoms with Crippen LogP contribution in [0.3, 0.4) is 0 Å². The van der Waals surface area contributed by atoms with E-state index in [0.717, 1.165) is 0 Å². The van der Waals surface area contributed by atoms with Gasteiger partial charge in [0.1, 0.15) is 17.4 Å². The molecule has 3 N–H and O–H groups in total. The van der Waals surface area contributed by atoms with E-state index < -0.39 is 12.0 Å². The minimum Gasteiger partial charge on any atom is -0.489 e. The maximum Gasteiger partial charge on any atom is 0.407 e. The van der Waals surface area contributed by atoms with E-state index in [-0.39, 0.29) is 38.9 Å². The molecule has 2 amide bonds. The van der Waals surface area contributed by atoms with Gasteiger partial charge in [0.25, 0.3) is 5.91 Å². The zero-order chi connectivity index (χ0) is 18.9. The molecule has 1 aromatic carbocycles. The molecule has 1 saturated heterocycles. The van der Waals surface area contributed by atoms with Crippen LogP contribution >= 0.6 is 23.2 Å². The van der Waals surface area contributed by atoms with Gasteiger partial charge in [0.2, 0.25) is 0 Å². The molecule has 1 aliphatic heterocycles. The first kappa shape index (κ1) is 19.7. The van der Waals surface area contributed by atoms with E-state index in [4.69, 9.17) is 33.7 Å². The van der Waals surface area contributed by atoms with Crippen molar-refractivity contribution in [2.24, 2.45) is 11.1 Å². The number of halogens is 2. The summed E-state index contributed by atoms with van der Waals surface area (Å²) in [5, 5.41) is 9.70. The average Bonchev–Trinajstić information content (AvgIpc) is 2.49. The van der Waals surface area contributed by atoms with Gasteiger partial charge in [-0.1, -0.05) is 44.0 Å². The van der Waals surface area contributed by atoms with E-state index >= 15 is 0 Å². The number of nitrogens with zero attached hydrogens (tertiary/aromatic N) is 1. The number of carbonyl (C=O) groups is 2. The molecule has 25 heavy (non-hydrogen) atoms. The van der Waals surface area contributed by atoms with Crippen molar-refractivity contribution in [3.63, 3.8) is 0 Å². The molecule has 8 heteroatoms. The van der Waals surface area contributed by atoms with Crippen molar-refractivity contribution >= 4 is 35.2 Å². The molecular weight excluding hydrogens is 367 g/mol. The Bertz CT molecular complexity index is 688. The van der Waals surface area contributed by atoms with Gasteiger partial charge in [0.15, 0.2) is 0 Å². The number of likely N-dealkylation sites (tertiary alicyclic amines) is 1. The van der Waals surface area contributed by atoms with Crippen molar-refractivity contribution in [1.29, 1.82) is 0 Å². The molecule has 0 bridgehead atoms. The second kappa shape index (κ2) is 7.30. The minimum atomic E-state index is -0.939. The molecule has 0 aliphatic carbocycles. The molecule has 1 aliphatic rings. The van der Waals surface area contributed by atoms with Gasteiger partial charge in [0, 0.05) is 25.4 Å². The third-order valence-corrected chi connectivity index (χ3v) is 5.20. The van der Waals surface area contributed by atoms with Crippen LogP contribution < -0.4 is 10.5 Å². The second-order valence-corrected chi connectivity index (χ2v) is 8.01. The average molecular weight is 389 g/mol. The van der Waals surface area contributed by atoms with Crippen molar-refractivity contribution in [2.45, 2.75) is 45.8 Å². The number of hydrogen-bond acceptors (Lipinski definition) is 3. The van der Waals surface area contributed by atoms with Crippen molar-refractivity contribution in [1.82, 2.24) is 4.90 Å². The highest BCUT2D eigenvalue weighted by Gasteiger charge is 2.39. The molecule has 0 saturated carbocycles. The molecule has 0 spiro atoms. The number of primary amides is 1. The first-order chi connectivity index (χ1) is 11.5. The topological polar surface area (TPSA) is 92.9 Å². The Morgan fingerprint density at radius 1 is 1.32 bits per heavy atom. The zero-order valence-electron chi connectivity index (χ0n) is 14.4. The number of piperidine rings is 1. The summed E-state index contributed by atoms with van der Waals surface area (Å²) in [7, 11) is 0. The standard InChI is InChI=1S/C17H22Cl2N2O4/c1-17(2,3)12-8-9(6-7-21(12)16(23)24)25-11-5-4-10(18)14(19)13(11)15(20)22/h4-5,9,12H,6-8H2,1-3H3,(H2,20,22)(H,23,24). The first-order valence-corrected chi connectivity index (χ1v) is 8.72. The van der Waals surface area contributed by atoms with Gasteiger partial charge in [-0.2, -0.15) is 0 Å². The minimum absolute atomic E-state index is 0.0436. The Hall–Kier alpha value is -1.66. The largest absolute Gasteiger partial charge is 0.489 e. The molecule has 6 nitrogen and oxygen atoms in total. The highest BCUT2D eigenvalue weighted by molar-refractivity contribution is 6.44. The van der Waals surface area contributed by atoms with E-state index in [2.05, 4.69) is 0 Å². The van der Waals surface area contributed by atoms with E-state index in [0.29, 0.717) is 19.4 Å². The van der Waals surface area contributed by atoms with Gasteiger partial charge in [-0.3, -0.25) is 4.79 Å². The van der Waals surface area contributed by atoms with Crippen LogP contribution in [-0.4, -0.2) is 40.7 Å². The molecule has 2 atom stereocenters. The molecule has 1 aromatic rings. The van der Waals surface area contributed by atoms with Gasteiger partial charge in [-0.25, -0.2) is 4.79 Å². The van der Waals surface area contributed by atoms with Crippen molar-refractivity contribution in [3.05, 3.63) is 27.7 Å². The lowest BCUT2D eigenvalue weighted by Crippen LogP contribution is -2.53. The van der Waals surface area contributed by atoms with Crippen LogP contribution in [0.5, 0.6) is 5.75 Å². The lowest BCUT2D eigenvalue weighted by molar-refractivity contribution is 0.0128. The van der Waals surface area contributed by atoms with Gasteiger partial charge in [0.05, 0.1) is 10.0 Å². The fourth-order valence-electron chi connectivity index (χ4n) is 3.13. The van der Waals surface area contributed by atoms with E-state index in [1.807, 2.05) is 20.8 Å². The highest BCUT2D eigenvalue weighted by Crippen LogP contribution is 2.37. The molecular formula is C17H22Cl2N2O4. The predicted octanol–water partition coefficient (Wildman–Crippen LogP) is 4.03. The maximum absolute atomic E-state index is 11.7. The molecule has 138 valence electrons. The van der Waals surface area contributed by atoms with Gasteiger partial charge in [-0.15, -0.1) is 0 Å². The Balaban J connectivity index is 2.26. The fourth-order valence-corrected chi connectivity index (χ4v) is 3.54. The summed E-state index contributed by atoms with van der Waals surface area (Å²) in [5.41, 5.74) is 5.20. The lowest BCUT2D eigenvalue weighted by atomic mass is 9.80. The summed E-state index contributed by atoms with van der Waals surface area (Å²) in [6, 6.07) is 2.90. The summed E-state index contributed by atoms with van der Waals surface area (Å²) >= 11 is 12.0. The Labute approximate surface area is 156 Å². The van der Waals surface area contributed by atoms with Gasteiger partial charge in [-0.05, 0) is 17.5 Å². The number of amides is 2. The smallest absolute Gasteiger partial charge is 0.407 e. The van der Waals surface area contributed by atoms with Crippen LogP contribution in [0.4, 0.5) is 4.79 Å². The number of rotatable bonds is 3. The van der Waals surface area contributed by atoms with Crippen LogP contribution in [0.15, 0.2) is 12.1 Å². The Kier molecular flexibility index (Phi) is 5.74. The van der Waals surface area contributed by atoms with Gasteiger partial charge >= 0.3 is 6.09 Å². The number of carbonyl (C=O) groups excluding carboxylic acids is 1. The molecule has 0 radical (unpaired) electrons. The van der Waals surface area contributed by atoms with Crippen molar-refractivity contribution in [3.8, 4) is 5.75 Å². The maximum atomic E-state index is 11.7. The van der Waals surface area contributed by atoms with E-state index in [9.17, 15) is 14.7 Å². The number of nitrogens with two attached hydrogens (primary N) is 1. The summed E-state index contributed by atoms with van der Waals surface area (Å²) in [4.78, 5) is 24.7. The summed E-state index contributed by atoms with van der Waals surface area (Å²) in [6.07, 6.45) is -0.174. The number of carboxylic acid groups (broad SMARTS) is 1. The number of benzene rings is 1. The molecule has 2 rings (SSSR count). The highest BCUT2D eigenvalue weighted by atomic mass is 35.5. The van der Waals surface area contributed by atoms with Crippen LogP contribution in [-0.2, 0) is 0 Å². The normalized spacial score (nSPS) is 21.1. The van der Waals surface area contributed by atoms with E-state index in [1.165, 1.54) is 4.90 Å². The van der Waals surface area contributed by atoms with Crippen LogP contribution in [0.2, 0.25) is 10.0 Å². The third kappa shape index (κ3) is 4.30. The molecule has 1 fully saturated rings. The third-order valence-electron chi connectivity index (χ3n) is 4.40. The SMILES string of the molecule is CC(C)(C)C1CC(Oc2ccc(Cl)c(Cl)c2C(N)=O)CCN1C(=O)O. The summed E-state index contributed by atoms with van der Waals surface area (Å²) < 4.78 is 5.97. The second-order valence-electron chi connectivity index (χ2n) is 7.22. The van der Waals surface area contributed by atoms with Crippen molar-refractivity contribution in [2.75, 3.05) is 6.54 Å². The zero-order valence-corrected chi connectivity index (χ0v) is 15.9. The van der Waals surface area contributed by atoms with Crippen LogP contribution in [0.25, 0.3) is 0 Å². The van der Waals surface area contributed by atoms with Crippen molar-refractivity contribution < 1.29 is 19.4 Å². The quantitative estimate of drug-likeness (QED) is 0.816. The summed E-state index contributed by atoms with van der Waals surface area (Å²) in [5.74, 6) is -0.457. The lowest BCUT2D eigenvalue weighted by Gasteiger charge is -2.44. The van der Waals surface area contributed by atoms with Gasteiger partial charge < -0.3 is 20.5 Å². The fraction of sp³-hybridized carbons (Fsp3) is 0.529. The van der Waals surface area contributed by atoms with Crippen LogP contribution in [0, 0.1) is 5.41 Å². The molecule has 0 aromatic heterocycles. The monoisotopic (exact) mass is 388 g/mol. The predicted molar refractivity (Wildman–Crippen MR) is 96.6 cm³/mol. The first-order valence-electron chi connectivity index (χ1n) is 7.96. The van der Waals surface area contributed by atoms with E-state index in [1.54, 1.807) is 12.1 Å².